The molecule has 1 amide bonds. The van der Waals surface area contributed by atoms with E-state index in [4.69, 9.17) is 0 Å². The van der Waals surface area contributed by atoms with Crippen LogP contribution in [-0.4, -0.2) is 42.0 Å². The molecule has 0 aliphatic carbocycles. The van der Waals surface area contributed by atoms with E-state index in [-0.39, 0.29) is 23.5 Å². The molecule has 37 heavy (non-hydrogen) atoms. The number of rotatable bonds is 6. The molecule has 0 spiro atoms. The Bertz CT molecular complexity index is 1600. The molecule has 182 valence electrons. The number of aromatic hydroxyl groups is 1. The average molecular weight is 507 g/mol. The van der Waals surface area contributed by atoms with Gasteiger partial charge in [-0.3, -0.25) is 10.2 Å². The number of hydrogen-bond acceptors (Lipinski definition) is 7. The maximum Gasteiger partial charge on any atom is 0.252 e. The Kier molecular flexibility index (Phi) is 6.03. The van der Waals surface area contributed by atoms with Gasteiger partial charge in [-0.1, -0.05) is 78.5 Å². The molecule has 9 heteroatoms. The van der Waals surface area contributed by atoms with Crippen molar-refractivity contribution < 1.29 is 9.90 Å². The molecule has 8 nitrogen and oxygen atoms in total. The number of nitrogens with one attached hydrogen (secondary N) is 1. The van der Waals surface area contributed by atoms with Crippen molar-refractivity contribution in [1.82, 2.24) is 30.6 Å². The predicted molar refractivity (Wildman–Crippen MR) is 143 cm³/mol. The molecular weight excluding hydrogens is 484 g/mol. The zero-order chi connectivity index (χ0) is 25.2. The topological polar surface area (TPSA) is 96.2 Å². The fourth-order valence-corrected chi connectivity index (χ4v) is 5.07. The number of carbonyl (C=O) groups is 1. The van der Waals surface area contributed by atoms with E-state index < -0.39 is 0 Å². The number of thioether (sulfide) groups is 1. The molecule has 6 rings (SSSR count). The number of phenols is 1. The lowest BCUT2D eigenvalue weighted by Crippen LogP contribution is -2.40. The van der Waals surface area contributed by atoms with Crippen LogP contribution < -0.4 is 5.43 Å². The number of phenolic OH excluding ortho intramolecular Hbond substituents is 1. The monoisotopic (exact) mass is 506 g/mol. The second-order valence-corrected chi connectivity index (χ2v) is 9.49. The minimum absolute atomic E-state index is 0.105. The summed E-state index contributed by atoms with van der Waals surface area (Å²) in [4.78, 5) is 13.5. The Labute approximate surface area is 217 Å². The summed E-state index contributed by atoms with van der Waals surface area (Å²) in [7, 11) is 0. The summed E-state index contributed by atoms with van der Waals surface area (Å²) >= 11 is 1.25. The summed E-state index contributed by atoms with van der Waals surface area (Å²) in [5.74, 6) is 0.183. The molecule has 0 saturated heterocycles. The van der Waals surface area contributed by atoms with Crippen molar-refractivity contribution >= 4 is 34.1 Å². The van der Waals surface area contributed by atoms with Crippen molar-refractivity contribution in [2.24, 2.45) is 0 Å². The van der Waals surface area contributed by atoms with E-state index in [0.29, 0.717) is 10.8 Å². The van der Waals surface area contributed by atoms with Crippen molar-refractivity contribution in [2.45, 2.75) is 11.2 Å². The highest BCUT2D eigenvalue weighted by Crippen LogP contribution is 2.33. The molecule has 0 bridgehead atoms. The molecule has 1 aliphatic rings. The maximum absolute atomic E-state index is 13.5. The van der Waals surface area contributed by atoms with E-state index >= 15 is 0 Å². The highest BCUT2D eigenvalue weighted by molar-refractivity contribution is 7.99. The number of hydrogen-bond donors (Lipinski definition) is 2. The van der Waals surface area contributed by atoms with Crippen LogP contribution >= 0.6 is 11.8 Å². The number of hydrazine groups is 1. The van der Waals surface area contributed by atoms with Crippen LogP contribution in [0.3, 0.4) is 0 Å². The van der Waals surface area contributed by atoms with Crippen molar-refractivity contribution in [3.8, 4) is 11.4 Å². The van der Waals surface area contributed by atoms with Gasteiger partial charge in [0.1, 0.15) is 5.75 Å². The van der Waals surface area contributed by atoms with Gasteiger partial charge in [-0.15, -0.1) is 5.10 Å². The lowest BCUT2D eigenvalue weighted by atomic mass is 10.0. The van der Waals surface area contributed by atoms with E-state index in [9.17, 15) is 9.90 Å². The minimum atomic E-state index is -0.260. The fourth-order valence-electron chi connectivity index (χ4n) is 4.32. The standard InChI is InChI=1S/C28H22N6O2S/c35-24-14-12-23(13-15-24)33-28(29-31-32-33)37-18-27(36)34-26(20-7-2-1-3-8-20)17-25(30-34)22-11-10-19-6-4-5-9-21(19)16-22/h1-17,26,30,35H,18H2/t26-/m1/s1. The molecule has 5 aromatic rings. The van der Waals surface area contributed by atoms with Crippen molar-refractivity contribution in [1.29, 1.82) is 0 Å². The number of fused-ring (bicyclic) bond motifs is 1. The normalized spacial score (nSPS) is 15.0. The third kappa shape index (κ3) is 4.64. The number of amides is 1. The molecule has 0 radical (unpaired) electrons. The first-order chi connectivity index (χ1) is 18.2. The third-order valence-electron chi connectivity index (χ3n) is 6.17. The van der Waals surface area contributed by atoms with Gasteiger partial charge in [0.15, 0.2) is 0 Å². The molecule has 1 aliphatic heterocycles. The highest BCUT2D eigenvalue weighted by atomic mass is 32.2. The summed E-state index contributed by atoms with van der Waals surface area (Å²) in [6.07, 6.45) is 2.09. The zero-order valence-corrected chi connectivity index (χ0v) is 20.4. The molecule has 0 fully saturated rings. The maximum atomic E-state index is 13.5. The number of benzene rings is 4. The minimum Gasteiger partial charge on any atom is -0.508 e. The summed E-state index contributed by atoms with van der Waals surface area (Å²) in [5.41, 5.74) is 6.95. The second-order valence-electron chi connectivity index (χ2n) is 8.55. The van der Waals surface area contributed by atoms with E-state index in [1.807, 2.05) is 42.5 Å². The first kappa shape index (κ1) is 22.8. The van der Waals surface area contributed by atoms with Crippen LogP contribution in [0.15, 0.2) is 108 Å². The first-order valence-electron chi connectivity index (χ1n) is 11.7. The van der Waals surface area contributed by atoms with Crippen molar-refractivity contribution in [3.05, 3.63) is 114 Å². The summed E-state index contributed by atoms with van der Waals surface area (Å²) in [6.45, 7) is 0. The largest absolute Gasteiger partial charge is 0.508 e. The molecule has 0 saturated carbocycles. The zero-order valence-electron chi connectivity index (χ0n) is 19.6. The van der Waals surface area contributed by atoms with Gasteiger partial charge in [0.25, 0.3) is 5.91 Å². The van der Waals surface area contributed by atoms with E-state index in [2.05, 4.69) is 57.4 Å². The smallest absolute Gasteiger partial charge is 0.252 e. The van der Waals surface area contributed by atoms with E-state index in [1.54, 1.807) is 34.0 Å². The van der Waals surface area contributed by atoms with Gasteiger partial charge >= 0.3 is 0 Å². The van der Waals surface area contributed by atoms with Gasteiger partial charge in [0.2, 0.25) is 5.16 Å². The SMILES string of the molecule is O=C(CSc1nnnn1-c1ccc(O)cc1)N1NC(c2ccc3ccccc3c2)=C[C@@H]1c1ccccc1. The van der Waals surface area contributed by atoms with Crippen molar-refractivity contribution in [2.75, 3.05) is 5.75 Å². The molecule has 1 atom stereocenters. The Balaban J connectivity index is 1.24. The van der Waals surface area contributed by atoms with E-state index in [0.717, 1.165) is 22.2 Å². The highest BCUT2D eigenvalue weighted by Gasteiger charge is 2.31. The van der Waals surface area contributed by atoms with Crippen LogP contribution in [0, 0.1) is 0 Å². The van der Waals surface area contributed by atoms with Gasteiger partial charge < -0.3 is 5.11 Å². The predicted octanol–water partition coefficient (Wildman–Crippen LogP) is 4.74. The van der Waals surface area contributed by atoms with Crippen LogP contribution in [-0.2, 0) is 4.79 Å². The van der Waals surface area contributed by atoms with Gasteiger partial charge in [0.05, 0.1) is 23.2 Å². The molecule has 4 aromatic carbocycles. The van der Waals surface area contributed by atoms with Crippen LogP contribution in [0.25, 0.3) is 22.2 Å². The van der Waals surface area contributed by atoms with Crippen LogP contribution in [0.2, 0.25) is 0 Å². The first-order valence-corrected chi connectivity index (χ1v) is 12.7. The molecule has 1 aromatic heterocycles. The van der Waals surface area contributed by atoms with Gasteiger partial charge in [0, 0.05) is 0 Å². The number of tetrazole rings is 1. The molecule has 2 heterocycles. The Morgan fingerprint density at radius 2 is 1.68 bits per heavy atom. The van der Waals surface area contributed by atoms with Gasteiger partial charge in [-0.05, 0) is 68.7 Å². The molecule has 0 unspecified atom stereocenters. The molecular formula is C28H22N6O2S. The number of carbonyl (C=O) groups excluding carboxylic acids is 1. The number of aromatic nitrogens is 4. The van der Waals surface area contributed by atoms with Crippen LogP contribution in [0.4, 0.5) is 0 Å². The van der Waals surface area contributed by atoms with Gasteiger partial charge in [-0.2, -0.15) is 4.68 Å². The lowest BCUT2D eigenvalue weighted by molar-refractivity contribution is -0.131. The quantitative estimate of drug-likeness (QED) is 0.321. The summed E-state index contributed by atoms with van der Waals surface area (Å²) in [6, 6.07) is 30.7. The van der Waals surface area contributed by atoms with Gasteiger partial charge in [-0.25, -0.2) is 5.01 Å². The summed E-state index contributed by atoms with van der Waals surface area (Å²) in [5, 5.41) is 25.9. The van der Waals surface area contributed by atoms with Crippen LogP contribution in [0.5, 0.6) is 5.75 Å². The number of nitrogens with zero attached hydrogens (tertiary/aromatic N) is 5. The third-order valence-corrected chi connectivity index (χ3v) is 7.08. The van der Waals surface area contributed by atoms with Crippen molar-refractivity contribution in [3.63, 3.8) is 0 Å². The lowest BCUT2D eigenvalue weighted by Gasteiger charge is -2.25. The fraction of sp³-hybridized carbons (Fsp3) is 0.0714. The van der Waals surface area contributed by atoms with Crippen LogP contribution in [0.1, 0.15) is 17.2 Å². The average Bonchev–Trinajstić information content (AvgIpc) is 3.60. The Morgan fingerprint density at radius 3 is 2.49 bits per heavy atom. The Morgan fingerprint density at radius 1 is 0.919 bits per heavy atom. The second kappa shape index (κ2) is 9.79. The Hall–Kier alpha value is -4.63. The molecule has 2 N–H and O–H groups in total. The van der Waals surface area contributed by atoms with E-state index in [1.165, 1.54) is 17.1 Å². The summed E-state index contributed by atoms with van der Waals surface area (Å²) < 4.78 is 1.54.